The fourth-order valence-electron chi connectivity index (χ4n) is 1.00. The Hall–Kier alpha value is -0.590. The van der Waals surface area contributed by atoms with E-state index < -0.39 is 12.1 Å². The van der Waals surface area contributed by atoms with Crippen LogP contribution in [0.25, 0.3) is 0 Å². The largest absolute Gasteiger partial charge is 0.391 e. The molecule has 1 rings (SSSR count). The number of nitrogens with zero attached hydrogens (tertiary/aromatic N) is 2. The molecule has 1 heterocycles. The molecular formula is C10H19N3O2S. The molecule has 0 aliphatic carbocycles. The van der Waals surface area contributed by atoms with Gasteiger partial charge in [-0.1, -0.05) is 19.0 Å². The molecule has 0 aliphatic rings. The lowest BCUT2D eigenvalue weighted by Gasteiger charge is -2.08. The van der Waals surface area contributed by atoms with Crippen molar-refractivity contribution in [3.8, 4) is 0 Å². The third kappa shape index (κ3) is 3.77. The van der Waals surface area contributed by atoms with Crippen LogP contribution in [-0.2, 0) is 5.75 Å². The lowest BCUT2D eigenvalue weighted by atomic mass is 10.2. The molecule has 1 unspecified atom stereocenters. The summed E-state index contributed by atoms with van der Waals surface area (Å²) in [5.74, 6) is 1.65. The van der Waals surface area contributed by atoms with E-state index in [1.165, 1.54) is 0 Å². The fraction of sp³-hybridized carbons (Fsp3) is 0.800. The zero-order valence-electron chi connectivity index (χ0n) is 9.88. The van der Waals surface area contributed by atoms with Gasteiger partial charge < -0.3 is 15.4 Å². The summed E-state index contributed by atoms with van der Waals surface area (Å²) < 4.78 is 4.99. The molecule has 3 atom stereocenters. The van der Waals surface area contributed by atoms with Crippen LogP contribution in [0.1, 0.15) is 44.9 Å². The van der Waals surface area contributed by atoms with E-state index in [1.54, 1.807) is 18.7 Å². The number of nitrogens with two attached hydrogens (primary N) is 1. The van der Waals surface area contributed by atoms with E-state index in [1.807, 2.05) is 0 Å². The summed E-state index contributed by atoms with van der Waals surface area (Å²) in [6.45, 7) is 5.90. The number of hydrogen-bond donors (Lipinski definition) is 2. The van der Waals surface area contributed by atoms with Crippen molar-refractivity contribution < 1.29 is 9.63 Å². The van der Waals surface area contributed by atoms with E-state index in [-0.39, 0.29) is 0 Å². The van der Waals surface area contributed by atoms with Gasteiger partial charge in [0.15, 0.2) is 5.82 Å². The zero-order valence-corrected chi connectivity index (χ0v) is 10.7. The average molecular weight is 245 g/mol. The van der Waals surface area contributed by atoms with E-state index in [0.717, 1.165) is 6.42 Å². The lowest BCUT2D eigenvalue weighted by molar-refractivity contribution is 0.146. The number of hydrogen-bond acceptors (Lipinski definition) is 6. The summed E-state index contributed by atoms with van der Waals surface area (Å²) in [6.07, 6.45) is 0.429. The van der Waals surface area contributed by atoms with Crippen LogP contribution in [0.15, 0.2) is 4.52 Å². The number of thioether (sulfide) groups is 1. The number of rotatable bonds is 6. The standard InChI is InChI=1S/C10H19N3O2S/c1-4-6(2)16-5-8-12-10(15-13-8)9(11)7(3)14/h6-7,9,14H,4-5,11H2,1-3H3/t6?,7-,9+/m1/s1. The summed E-state index contributed by atoms with van der Waals surface area (Å²) in [7, 11) is 0. The Morgan fingerprint density at radius 1 is 1.50 bits per heavy atom. The zero-order chi connectivity index (χ0) is 12.1. The molecular weight excluding hydrogens is 226 g/mol. The second-order valence-corrected chi connectivity index (χ2v) is 5.27. The van der Waals surface area contributed by atoms with Gasteiger partial charge in [0.25, 0.3) is 0 Å². The second kappa shape index (κ2) is 6.22. The maximum Gasteiger partial charge on any atom is 0.246 e. The Morgan fingerprint density at radius 3 is 2.75 bits per heavy atom. The van der Waals surface area contributed by atoms with E-state index in [4.69, 9.17) is 10.3 Å². The molecule has 1 aromatic rings. The molecule has 0 aliphatic heterocycles. The van der Waals surface area contributed by atoms with Crippen LogP contribution in [0.2, 0.25) is 0 Å². The van der Waals surface area contributed by atoms with Crippen LogP contribution in [0.4, 0.5) is 0 Å². The van der Waals surface area contributed by atoms with Crippen molar-refractivity contribution in [3.63, 3.8) is 0 Å². The highest BCUT2D eigenvalue weighted by molar-refractivity contribution is 7.99. The molecule has 0 bridgehead atoms. The highest BCUT2D eigenvalue weighted by atomic mass is 32.2. The first-order valence-corrected chi connectivity index (χ1v) is 6.47. The first-order chi connectivity index (χ1) is 7.54. The third-order valence-corrected chi connectivity index (χ3v) is 3.69. The van der Waals surface area contributed by atoms with Crippen molar-refractivity contribution in [3.05, 3.63) is 11.7 Å². The smallest absolute Gasteiger partial charge is 0.246 e. The Kier molecular flexibility index (Phi) is 5.24. The summed E-state index contributed by atoms with van der Waals surface area (Å²) in [6, 6.07) is -0.602. The first kappa shape index (κ1) is 13.5. The molecule has 3 N–H and O–H groups in total. The SMILES string of the molecule is CCC(C)SCc1noc([C@@H](N)[C@@H](C)O)n1. The van der Waals surface area contributed by atoms with Gasteiger partial charge in [-0.25, -0.2) is 0 Å². The van der Waals surface area contributed by atoms with Gasteiger partial charge in [0.05, 0.1) is 11.9 Å². The minimum absolute atomic E-state index is 0.301. The van der Waals surface area contributed by atoms with Crippen LogP contribution in [0, 0.1) is 0 Å². The molecule has 0 fully saturated rings. The maximum absolute atomic E-state index is 9.28. The molecule has 0 aromatic carbocycles. The molecule has 92 valence electrons. The van der Waals surface area contributed by atoms with Crippen molar-refractivity contribution >= 4 is 11.8 Å². The summed E-state index contributed by atoms with van der Waals surface area (Å²) in [5, 5.41) is 13.7. The summed E-state index contributed by atoms with van der Waals surface area (Å²) in [5.41, 5.74) is 5.68. The maximum atomic E-state index is 9.28. The molecule has 0 saturated carbocycles. The molecule has 0 amide bonds. The van der Waals surface area contributed by atoms with E-state index in [9.17, 15) is 5.11 Å². The summed E-state index contributed by atoms with van der Waals surface area (Å²) in [4.78, 5) is 4.15. The van der Waals surface area contributed by atoms with Gasteiger partial charge in [-0.3, -0.25) is 0 Å². The third-order valence-electron chi connectivity index (χ3n) is 2.36. The topological polar surface area (TPSA) is 85.2 Å². The first-order valence-electron chi connectivity index (χ1n) is 5.42. The molecule has 1 aromatic heterocycles. The highest BCUT2D eigenvalue weighted by Crippen LogP contribution is 2.19. The second-order valence-electron chi connectivity index (χ2n) is 3.85. The van der Waals surface area contributed by atoms with Gasteiger partial charge in [-0.15, -0.1) is 0 Å². The number of aliphatic hydroxyl groups excluding tert-OH is 1. The minimum Gasteiger partial charge on any atom is -0.391 e. The molecule has 16 heavy (non-hydrogen) atoms. The van der Waals surface area contributed by atoms with Gasteiger partial charge in [-0.05, 0) is 13.3 Å². The van der Waals surface area contributed by atoms with Crippen molar-refractivity contribution in [1.29, 1.82) is 0 Å². The number of aliphatic hydroxyl groups is 1. The Bertz CT molecular complexity index is 317. The van der Waals surface area contributed by atoms with E-state index in [2.05, 4.69) is 24.0 Å². The van der Waals surface area contributed by atoms with Crippen molar-refractivity contribution in [2.45, 2.75) is 50.3 Å². The normalized spacial score (nSPS) is 17.1. The predicted octanol–water partition coefficient (Wildman–Crippen LogP) is 1.48. The lowest BCUT2D eigenvalue weighted by Crippen LogP contribution is -2.23. The molecule has 5 nitrogen and oxygen atoms in total. The van der Waals surface area contributed by atoms with Gasteiger partial charge in [0.2, 0.25) is 5.89 Å². The quantitative estimate of drug-likeness (QED) is 0.789. The van der Waals surface area contributed by atoms with Crippen molar-refractivity contribution in [1.82, 2.24) is 10.1 Å². The summed E-state index contributed by atoms with van der Waals surface area (Å²) >= 11 is 1.77. The Balaban J connectivity index is 2.51. The average Bonchev–Trinajstić information content (AvgIpc) is 2.73. The van der Waals surface area contributed by atoms with Gasteiger partial charge in [0, 0.05) is 5.25 Å². The van der Waals surface area contributed by atoms with Crippen molar-refractivity contribution in [2.75, 3.05) is 0 Å². The van der Waals surface area contributed by atoms with Crippen LogP contribution >= 0.6 is 11.8 Å². The van der Waals surface area contributed by atoms with Crippen LogP contribution in [-0.4, -0.2) is 26.6 Å². The fourth-order valence-corrected chi connectivity index (χ4v) is 1.79. The predicted molar refractivity (Wildman–Crippen MR) is 64.0 cm³/mol. The highest BCUT2D eigenvalue weighted by Gasteiger charge is 2.19. The van der Waals surface area contributed by atoms with Gasteiger partial charge >= 0.3 is 0 Å². The monoisotopic (exact) mass is 245 g/mol. The molecule has 0 saturated heterocycles. The van der Waals surface area contributed by atoms with E-state index >= 15 is 0 Å². The van der Waals surface area contributed by atoms with Gasteiger partial charge in [-0.2, -0.15) is 16.7 Å². The molecule has 0 radical (unpaired) electrons. The molecule has 0 spiro atoms. The Morgan fingerprint density at radius 2 is 2.19 bits per heavy atom. The Labute approximate surface area is 99.8 Å². The van der Waals surface area contributed by atoms with Gasteiger partial charge in [0.1, 0.15) is 6.04 Å². The van der Waals surface area contributed by atoms with Crippen LogP contribution in [0.3, 0.4) is 0 Å². The van der Waals surface area contributed by atoms with Crippen molar-refractivity contribution in [2.24, 2.45) is 5.73 Å². The van der Waals surface area contributed by atoms with E-state index in [0.29, 0.717) is 22.7 Å². The number of aromatic nitrogens is 2. The van der Waals surface area contributed by atoms with Crippen LogP contribution in [0.5, 0.6) is 0 Å². The van der Waals surface area contributed by atoms with Crippen LogP contribution < -0.4 is 5.73 Å². The minimum atomic E-state index is -0.685. The molecule has 6 heteroatoms.